The number of aryl methyl sites for hydroxylation is 1. The molecule has 2 heterocycles. The molecule has 7 nitrogen and oxygen atoms in total. The molecule has 3 aromatic rings. The summed E-state index contributed by atoms with van der Waals surface area (Å²) < 4.78 is 32.5. The lowest BCUT2D eigenvalue weighted by atomic mass is 10.3. The van der Waals surface area contributed by atoms with Gasteiger partial charge in [0.1, 0.15) is 10.4 Å². The fourth-order valence-electron chi connectivity index (χ4n) is 1.79. The molecule has 0 aliphatic heterocycles. The third-order valence-electron chi connectivity index (χ3n) is 2.75. The molecule has 0 amide bonds. The Labute approximate surface area is 128 Å². The largest absolute Gasteiger partial charge is 0.265 e. The maximum Gasteiger partial charge on any atom is 0.265 e. The summed E-state index contributed by atoms with van der Waals surface area (Å²) >= 11 is 3.28. The van der Waals surface area contributed by atoms with Crippen molar-refractivity contribution in [3.05, 3.63) is 40.5 Å². The van der Waals surface area contributed by atoms with Crippen molar-refractivity contribution in [1.29, 1.82) is 0 Å². The molecule has 0 saturated heterocycles. The van der Waals surface area contributed by atoms with Crippen LogP contribution in [0.2, 0.25) is 0 Å². The first-order chi connectivity index (χ1) is 9.97. The van der Waals surface area contributed by atoms with Gasteiger partial charge in [-0.05, 0) is 56.9 Å². The van der Waals surface area contributed by atoms with Gasteiger partial charge in [0, 0.05) is 6.20 Å². The van der Waals surface area contributed by atoms with Crippen LogP contribution in [-0.2, 0) is 10.0 Å². The van der Waals surface area contributed by atoms with Crippen molar-refractivity contribution in [1.82, 2.24) is 15.3 Å². The van der Waals surface area contributed by atoms with E-state index in [2.05, 4.69) is 40.6 Å². The number of hydrogen-bond donors (Lipinski definition) is 1. The van der Waals surface area contributed by atoms with E-state index in [1.54, 1.807) is 24.4 Å². The number of aromatic nitrogens is 3. The second-order valence-electron chi connectivity index (χ2n) is 4.34. The monoisotopic (exact) mass is 368 g/mol. The van der Waals surface area contributed by atoms with Gasteiger partial charge in [0.15, 0.2) is 11.3 Å². The summed E-state index contributed by atoms with van der Waals surface area (Å²) in [7, 11) is -3.85. The van der Waals surface area contributed by atoms with Crippen molar-refractivity contribution in [3.8, 4) is 0 Å². The molecule has 0 saturated carbocycles. The van der Waals surface area contributed by atoms with Crippen LogP contribution in [0.25, 0.3) is 11.0 Å². The van der Waals surface area contributed by atoms with Crippen molar-refractivity contribution >= 4 is 42.8 Å². The van der Waals surface area contributed by atoms with Crippen LogP contribution < -0.4 is 4.72 Å². The lowest BCUT2D eigenvalue weighted by molar-refractivity contribution is 0.315. The molecule has 1 aromatic carbocycles. The van der Waals surface area contributed by atoms with Crippen LogP contribution in [-0.4, -0.2) is 23.7 Å². The van der Waals surface area contributed by atoms with Crippen LogP contribution in [0.5, 0.6) is 0 Å². The van der Waals surface area contributed by atoms with Gasteiger partial charge >= 0.3 is 0 Å². The summed E-state index contributed by atoms with van der Waals surface area (Å²) in [5, 5.41) is 7.25. The highest BCUT2D eigenvalue weighted by molar-refractivity contribution is 9.10. The normalized spacial score (nSPS) is 11.7. The molecule has 0 fully saturated rings. The quantitative estimate of drug-likeness (QED) is 0.762. The third kappa shape index (κ3) is 2.61. The number of sulfonamides is 1. The summed E-state index contributed by atoms with van der Waals surface area (Å²) in [5.74, 6) is 0.203. The Bertz CT molecular complexity index is 923. The molecule has 108 valence electrons. The van der Waals surface area contributed by atoms with E-state index in [1.807, 2.05) is 6.92 Å². The van der Waals surface area contributed by atoms with Crippen LogP contribution in [0.3, 0.4) is 0 Å². The number of nitrogens with zero attached hydrogens (tertiary/aromatic N) is 3. The van der Waals surface area contributed by atoms with E-state index < -0.39 is 10.0 Å². The molecular formula is C12H9BrN4O3S. The van der Waals surface area contributed by atoms with Crippen molar-refractivity contribution in [2.75, 3.05) is 4.72 Å². The fraction of sp³-hybridized carbons (Fsp3) is 0.0833. The molecule has 1 N–H and O–H groups in total. The topological polar surface area (TPSA) is 98.0 Å². The fourth-order valence-corrected chi connectivity index (χ4v) is 3.66. The number of rotatable bonds is 3. The van der Waals surface area contributed by atoms with Crippen molar-refractivity contribution < 1.29 is 13.0 Å². The molecule has 2 aromatic heterocycles. The number of fused-ring (bicyclic) bond motifs is 1. The molecule has 21 heavy (non-hydrogen) atoms. The van der Waals surface area contributed by atoms with Crippen LogP contribution in [0.4, 0.5) is 5.82 Å². The lowest BCUT2D eigenvalue weighted by Gasteiger charge is -2.09. The maximum absolute atomic E-state index is 12.5. The second kappa shape index (κ2) is 5.08. The third-order valence-corrected chi connectivity index (χ3v) is 4.72. The predicted molar refractivity (Wildman–Crippen MR) is 79.3 cm³/mol. The van der Waals surface area contributed by atoms with Gasteiger partial charge in [-0.3, -0.25) is 4.72 Å². The Morgan fingerprint density at radius 1 is 1.29 bits per heavy atom. The summed E-state index contributed by atoms with van der Waals surface area (Å²) in [6.45, 7) is 1.86. The van der Waals surface area contributed by atoms with Gasteiger partial charge in [-0.2, -0.15) is 0 Å². The van der Waals surface area contributed by atoms with E-state index in [4.69, 9.17) is 0 Å². The van der Waals surface area contributed by atoms with Gasteiger partial charge < -0.3 is 0 Å². The first-order valence-corrected chi connectivity index (χ1v) is 8.11. The highest BCUT2D eigenvalue weighted by Gasteiger charge is 2.21. The smallest absolute Gasteiger partial charge is 0.262 e. The zero-order valence-corrected chi connectivity index (χ0v) is 13.1. The second-order valence-corrected chi connectivity index (χ2v) is 6.84. The molecule has 0 radical (unpaired) electrons. The van der Waals surface area contributed by atoms with Crippen LogP contribution in [0.15, 0.2) is 44.5 Å². The molecule has 0 spiro atoms. The zero-order valence-electron chi connectivity index (χ0n) is 10.7. The molecule has 0 aliphatic rings. The first kappa shape index (κ1) is 14.0. The molecule has 0 atom stereocenters. The minimum atomic E-state index is -3.85. The number of pyridine rings is 1. The van der Waals surface area contributed by atoms with Gasteiger partial charge in [-0.15, -0.1) is 0 Å². The molecule has 0 aliphatic carbocycles. The number of halogens is 1. The molecule has 0 unspecified atom stereocenters. The Balaban J connectivity index is 2.06. The summed E-state index contributed by atoms with van der Waals surface area (Å²) in [6.07, 6.45) is 1.57. The summed E-state index contributed by atoms with van der Waals surface area (Å²) in [5.41, 5.74) is 1.45. The van der Waals surface area contributed by atoms with Crippen LogP contribution >= 0.6 is 15.9 Å². The zero-order chi connectivity index (χ0) is 15.0. The van der Waals surface area contributed by atoms with E-state index in [-0.39, 0.29) is 16.2 Å². The van der Waals surface area contributed by atoms with E-state index in [1.165, 1.54) is 6.07 Å². The van der Waals surface area contributed by atoms with Gasteiger partial charge in [0.2, 0.25) is 0 Å². The number of anilines is 1. The van der Waals surface area contributed by atoms with Gasteiger partial charge in [0.05, 0.1) is 4.47 Å². The van der Waals surface area contributed by atoms with Gasteiger partial charge in [0.25, 0.3) is 10.0 Å². The molecule has 9 heteroatoms. The molecular weight excluding hydrogens is 360 g/mol. The van der Waals surface area contributed by atoms with E-state index in [9.17, 15) is 8.42 Å². The molecule has 0 bridgehead atoms. The van der Waals surface area contributed by atoms with Crippen molar-refractivity contribution in [2.24, 2.45) is 0 Å². The summed E-state index contributed by atoms with van der Waals surface area (Å²) in [6, 6.07) is 6.38. The van der Waals surface area contributed by atoms with Gasteiger partial charge in [-0.1, -0.05) is 6.07 Å². The van der Waals surface area contributed by atoms with E-state index >= 15 is 0 Å². The number of nitrogens with one attached hydrogen (secondary N) is 1. The maximum atomic E-state index is 12.5. The average Bonchev–Trinajstić information content (AvgIpc) is 2.90. The van der Waals surface area contributed by atoms with Crippen molar-refractivity contribution in [3.63, 3.8) is 0 Å². The highest BCUT2D eigenvalue weighted by Crippen LogP contribution is 2.26. The number of hydrogen-bond acceptors (Lipinski definition) is 6. The minimum Gasteiger partial charge on any atom is -0.262 e. The van der Waals surface area contributed by atoms with Crippen LogP contribution in [0, 0.1) is 6.92 Å². The van der Waals surface area contributed by atoms with E-state index in [0.717, 1.165) is 5.56 Å². The standard InChI is InChI=1S/C12H9BrN4O3S/c1-7-5-8(13)12(14-6-7)17-21(18,19)10-4-2-3-9-11(10)16-20-15-9/h2-6H,1H3,(H,14,17). The molecule has 3 rings (SSSR count). The average molecular weight is 369 g/mol. The Hall–Kier alpha value is -2.00. The lowest BCUT2D eigenvalue weighted by Crippen LogP contribution is -2.15. The highest BCUT2D eigenvalue weighted by atomic mass is 79.9. The van der Waals surface area contributed by atoms with Crippen molar-refractivity contribution in [2.45, 2.75) is 11.8 Å². The Morgan fingerprint density at radius 3 is 2.86 bits per heavy atom. The SMILES string of the molecule is Cc1cnc(NS(=O)(=O)c2cccc3nonc23)c(Br)c1. The predicted octanol–water partition coefficient (Wildman–Crippen LogP) is 2.49. The summed E-state index contributed by atoms with van der Waals surface area (Å²) in [4.78, 5) is 4.04. The first-order valence-electron chi connectivity index (χ1n) is 5.83. The number of benzene rings is 1. The van der Waals surface area contributed by atoms with E-state index in [0.29, 0.717) is 9.99 Å². The Kier molecular flexibility index (Phi) is 3.38. The van der Waals surface area contributed by atoms with Gasteiger partial charge in [-0.25, -0.2) is 18.0 Å². The van der Waals surface area contributed by atoms with Crippen LogP contribution in [0.1, 0.15) is 5.56 Å². The minimum absolute atomic E-state index is 0.0180. The Morgan fingerprint density at radius 2 is 2.10 bits per heavy atom.